The van der Waals surface area contributed by atoms with Crippen molar-refractivity contribution in [2.45, 2.75) is 18.1 Å². The summed E-state index contributed by atoms with van der Waals surface area (Å²) in [6.45, 7) is 0. The van der Waals surface area contributed by atoms with Crippen molar-refractivity contribution in [1.82, 2.24) is 0 Å². The molecule has 0 bridgehead atoms. The minimum absolute atomic E-state index is 0.377. The third-order valence-corrected chi connectivity index (χ3v) is 3.15. The zero-order chi connectivity index (χ0) is 8.91. The molecule has 0 fully saturated rings. The molecular formula is C5H12O3S3. The van der Waals surface area contributed by atoms with Gasteiger partial charge in [-0.3, -0.25) is 4.55 Å². The van der Waals surface area contributed by atoms with Gasteiger partial charge in [-0.1, -0.05) is 0 Å². The van der Waals surface area contributed by atoms with Gasteiger partial charge in [-0.05, 0) is 24.3 Å². The fraction of sp³-hybridized carbons (Fsp3) is 1.00. The van der Waals surface area contributed by atoms with Crippen LogP contribution in [0.4, 0.5) is 0 Å². The third kappa shape index (κ3) is 4.95. The quantitative estimate of drug-likeness (QED) is 0.472. The summed E-state index contributed by atoms with van der Waals surface area (Å²) in [6, 6.07) is 0. The van der Waals surface area contributed by atoms with E-state index < -0.39 is 15.4 Å². The Morgan fingerprint density at radius 1 is 1.18 bits per heavy atom. The average molecular weight is 216 g/mol. The second-order valence-electron chi connectivity index (χ2n) is 2.16. The number of thiol groups is 2. The van der Waals surface area contributed by atoms with Crippen molar-refractivity contribution in [3.05, 3.63) is 0 Å². The van der Waals surface area contributed by atoms with Crippen molar-refractivity contribution in [3.8, 4) is 0 Å². The molecule has 11 heavy (non-hydrogen) atoms. The Morgan fingerprint density at radius 2 is 1.55 bits per heavy atom. The highest BCUT2D eigenvalue weighted by Gasteiger charge is 2.20. The van der Waals surface area contributed by atoms with E-state index in [0.717, 1.165) is 0 Å². The molecule has 0 amide bonds. The normalized spacial score (nSPS) is 12.4. The van der Waals surface area contributed by atoms with Gasteiger partial charge in [-0.2, -0.15) is 33.7 Å². The van der Waals surface area contributed by atoms with Gasteiger partial charge >= 0.3 is 0 Å². The summed E-state index contributed by atoms with van der Waals surface area (Å²) in [4.78, 5) is 0. The highest BCUT2D eigenvalue weighted by atomic mass is 32.2. The molecule has 0 saturated heterocycles. The minimum Gasteiger partial charge on any atom is -0.285 e. The molecule has 1 N–H and O–H groups in total. The van der Waals surface area contributed by atoms with Crippen LogP contribution in [0.15, 0.2) is 0 Å². The van der Waals surface area contributed by atoms with E-state index in [1.807, 2.05) is 0 Å². The number of hydrogen-bond acceptors (Lipinski definition) is 4. The van der Waals surface area contributed by atoms with Crippen LogP contribution in [-0.4, -0.2) is 29.7 Å². The van der Waals surface area contributed by atoms with E-state index >= 15 is 0 Å². The van der Waals surface area contributed by atoms with Crippen molar-refractivity contribution in [3.63, 3.8) is 0 Å². The maximum atomic E-state index is 10.6. The lowest BCUT2D eigenvalue weighted by Gasteiger charge is -2.09. The smallest absolute Gasteiger partial charge is 0.267 e. The Bertz CT molecular complexity index is 181. The largest absolute Gasteiger partial charge is 0.285 e. The molecule has 0 aromatic heterocycles. The molecule has 0 spiro atoms. The minimum atomic E-state index is -3.89. The van der Waals surface area contributed by atoms with Gasteiger partial charge in [-0.15, -0.1) is 0 Å². The summed E-state index contributed by atoms with van der Waals surface area (Å²) in [5, 5.41) is -0.697. The van der Waals surface area contributed by atoms with E-state index in [1.54, 1.807) is 0 Å². The maximum absolute atomic E-state index is 10.6. The molecule has 68 valence electrons. The van der Waals surface area contributed by atoms with Crippen LogP contribution in [0.25, 0.3) is 0 Å². The first-order valence-corrected chi connectivity index (χ1v) is 5.97. The SMILES string of the molecule is O=S(=O)(O)C(CCS)CCS. The molecule has 0 unspecified atom stereocenters. The lowest BCUT2D eigenvalue weighted by atomic mass is 10.3. The Labute approximate surface area is 78.1 Å². The maximum Gasteiger partial charge on any atom is 0.267 e. The van der Waals surface area contributed by atoms with Gasteiger partial charge in [0.1, 0.15) is 0 Å². The van der Waals surface area contributed by atoms with Crippen molar-refractivity contribution in [1.29, 1.82) is 0 Å². The standard InChI is InChI=1S/C5H12O3S3/c6-11(7,8)5(1-3-9)2-4-10/h5,9-10H,1-4H2,(H,6,7,8). The monoisotopic (exact) mass is 216 g/mol. The van der Waals surface area contributed by atoms with E-state index in [-0.39, 0.29) is 0 Å². The predicted molar refractivity (Wildman–Crippen MR) is 52.3 cm³/mol. The molecule has 0 aromatic rings. The molecule has 0 aliphatic carbocycles. The molecule has 0 atom stereocenters. The topological polar surface area (TPSA) is 54.4 Å². The van der Waals surface area contributed by atoms with Crippen molar-refractivity contribution >= 4 is 35.4 Å². The number of hydrogen-bond donors (Lipinski definition) is 3. The molecule has 6 heteroatoms. The Hall–Kier alpha value is 0.610. The van der Waals surface area contributed by atoms with E-state index in [4.69, 9.17) is 4.55 Å². The Kier molecular flexibility index (Phi) is 5.58. The van der Waals surface area contributed by atoms with Crippen LogP contribution >= 0.6 is 25.3 Å². The van der Waals surface area contributed by atoms with E-state index in [9.17, 15) is 8.42 Å². The fourth-order valence-corrected chi connectivity index (χ4v) is 2.53. The lowest BCUT2D eigenvalue weighted by molar-refractivity contribution is 0.462. The highest BCUT2D eigenvalue weighted by Crippen LogP contribution is 2.10. The average Bonchev–Trinajstić information content (AvgIpc) is 1.85. The zero-order valence-electron chi connectivity index (χ0n) is 5.97. The molecule has 3 nitrogen and oxygen atoms in total. The van der Waals surface area contributed by atoms with Crippen molar-refractivity contribution in [2.24, 2.45) is 0 Å². The summed E-state index contributed by atoms with van der Waals surface area (Å²) in [6.07, 6.45) is 0.755. The van der Waals surface area contributed by atoms with Crippen LogP contribution in [0, 0.1) is 0 Å². The van der Waals surface area contributed by atoms with Gasteiger partial charge in [0.25, 0.3) is 10.1 Å². The zero-order valence-corrected chi connectivity index (χ0v) is 8.58. The van der Waals surface area contributed by atoms with Crippen molar-refractivity contribution in [2.75, 3.05) is 11.5 Å². The molecule has 0 radical (unpaired) electrons. The Balaban J connectivity index is 4.11. The van der Waals surface area contributed by atoms with Crippen molar-refractivity contribution < 1.29 is 13.0 Å². The van der Waals surface area contributed by atoms with Gasteiger partial charge in [0.2, 0.25) is 0 Å². The van der Waals surface area contributed by atoms with E-state index in [0.29, 0.717) is 24.3 Å². The van der Waals surface area contributed by atoms with Crippen LogP contribution in [0.1, 0.15) is 12.8 Å². The van der Waals surface area contributed by atoms with Crippen LogP contribution in [0.5, 0.6) is 0 Å². The van der Waals surface area contributed by atoms with Gasteiger partial charge in [0.05, 0.1) is 5.25 Å². The fourth-order valence-electron chi connectivity index (χ4n) is 0.730. The van der Waals surface area contributed by atoms with E-state index in [2.05, 4.69) is 25.3 Å². The van der Waals surface area contributed by atoms with Gasteiger partial charge in [0, 0.05) is 0 Å². The first kappa shape index (κ1) is 11.6. The van der Waals surface area contributed by atoms with Gasteiger partial charge < -0.3 is 0 Å². The summed E-state index contributed by atoms with van der Waals surface area (Å²) in [7, 11) is -3.89. The molecule has 0 rings (SSSR count). The van der Waals surface area contributed by atoms with Crippen LogP contribution < -0.4 is 0 Å². The summed E-state index contributed by atoms with van der Waals surface area (Å²) >= 11 is 7.77. The van der Waals surface area contributed by atoms with Gasteiger partial charge in [0.15, 0.2) is 0 Å². The second kappa shape index (κ2) is 5.29. The molecular weight excluding hydrogens is 204 g/mol. The predicted octanol–water partition coefficient (Wildman–Crippen LogP) is 0.883. The summed E-state index contributed by atoms with van der Waals surface area (Å²) < 4.78 is 29.8. The summed E-state index contributed by atoms with van der Waals surface area (Å²) in [5.41, 5.74) is 0. The Morgan fingerprint density at radius 3 is 1.73 bits per heavy atom. The van der Waals surface area contributed by atoms with Crippen LogP contribution in [0.3, 0.4) is 0 Å². The first-order valence-electron chi connectivity index (χ1n) is 3.20. The highest BCUT2D eigenvalue weighted by molar-refractivity contribution is 7.86. The van der Waals surface area contributed by atoms with Gasteiger partial charge in [-0.25, -0.2) is 0 Å². The van der Waals surface area contributed by atoms with Crippen LogP contribution in [0.2, 0.25) is 0 Å². The second-order valence-corrected chi connectivity index (χ2v) is 4.75. The number of rotatable bonds is 5. The molecule has 0 aliphatic heterocycles. The first-order chi connectivity index (χ1) is 5.02. The molecule has 0 saturated carbocycles. The van der Waals surface area contributed by atoms with Crippen LogP contribution in [-0.2, 0) is 10.1 Å². The molecule has 0 aromatic carbocycles. The summed E-state index contributed by atoms with van der Waals surface area (Å²) in [5.74, 6) is 0.913. The molecule has 0 aliphatic rings. The lowest BCUT2D eigenvalue weighted by Crippen LogP contribution is -2.21. The molecule has 0 heterocycles. The van der Waals surface area contributed by atoms with E-state index in [1.165, 1.54) is 0 Å². The third-order valence-electron chi connectivity index (χ3n) is 1.32.